The third-order valence-corrected chi connectivity index (χ3v) is 4.72. The summed E-state index contributed by atoms with van der Waals surface area (Å²) in [6.45, 7) is 0. The van der Waals surface area contributed by atoms with Gasteiger partial charge in [-0.05, 0) is 35.9 Å². The molecule has 0 radical (unpaired) electrons. The van der Waals surface area contributed by atoms with Crippen LogP contribution in [0.25, 0.3) is 16.6 Å². The van der Waals surface area contributed by atoms with E-state index >= 15 is 0 Å². The summed E-state index contributed by atoms with van der Waals surface area (Å²) in [7, 11) is 1.58. The van der Waals surface area contributed by atoms with Gasteiger partial charge in [-0.25, -0.2) is 4.79 Å². The van der Waals surface area contributed by atoms with E-state index in [1.807, 2.05) is 77.4 Å². The largest absolute Gasteiger partial charge is 0.497 e. The van der Waals surface area contributed by atoms with Crippen molar-refractivity contribution in [2.45, 2.75) is 6.42 Å². The highest BCUT2D eigenvalue weighted by Crippen LogP contribution is 2.33. The van der Waals surface area contributed by atoms with E-state index in [-0.39, 0.29) is 0 Å². The van der Waals surface area contributed by atoms with Gasteiger partial charge in [-0.15, -0.1) is 0 Å². The van der Waals surface area contributed by atoms with Crippen molar-refractivity contribution in [1.29, 1.82) is 0 Å². The number of carboxylic acid groups (broad SMARTS) is 1. The topological polar surface area (TPSA) is 51.5 Å². The highest BCUT2D eigenvalue weighted by Gasteiger charge is 2.23. The number of benzene rings is 3. The van der Waals surface area contributed by atoms with E-state index < -0.39 is 5.97 Å². The average molecular weight is 357 g/mol. The number of rotatable bonds is 5. The van der Waals surface area contributed by atoms with Crippen molar-refractivity contribution in [2.24, 2.45) is 0 Å². The molecule has 0 aliphatic heterocycles. The fourth-order valence-electron chi connectivity index (χ4n) is 3.52. The zero-order valence-electron chi connectivity index (χ0n) is 14.9. The zero-order chi connectivity index (χ0) is 18.8. The maximum absolute atomic E-state index is 12.2. The van der Waals surface area contributed by atoms with Gasteiger partial charge in [0.1, 0.15) is 5.75 Å². The number of carbonyl (C=O) groups is 1. The normalized spacial score (nSPS) is 10.9. The number of nitrogens with zero attached hydrogens (tertiary/aromatic N) is 1. The molecule has 0 atom stereocenters. The molecule has 0 saturated carbocycles. The molecular weight excluding hydrogens is 338 g/mol. The molecule has 27 heavy (non-hydrogen) atoms. The maximum atomic E-state index is 12.2. The zero-order valence-corrected chi connectivity index (χ0v) is 14.9. The van der Waals surface area contributed by atoms with Gasteiger partial charge >= 0.3 is 5.97 Å². The lowest BCUT2D eigenvalue weighted by molar-refractivity contribution is 0.0698. The molecular formula is C23H19NO3. The van der Waals surface area contributed by atoms with Crippen molar-refractivity contribution < 1.29 is 14.6 Å². The number of aromatic nitrogens is 1. The molecule has 0 aliphatic carbocycles. The number of carboxylic acids is 1. The quantitative estimate of drug-likeness (QED) is 0.551. The van der Waals surface area contributed by atoms with Gasteiger partial charge in [0.05, 0.1) is 18.2 Å². The van der Waals surface area contributed by atoms with Crippen molar-refractivity contribution in [3.05, 3.63) is 95.7 Å². The van der Waals surface area contributed by atoms with E-state index in [9.17, 15) is 9.90 Å². The van der Waals surface area contributed by atoms with Gasteiger partial charge in [0.15, 0.2) is 0 Å². The Morgan fingerprint density at radius 3 is 2.26 bits per heavy atom. The van der Waals surface area contributed by atoms with Gasteiger partial charge < -0.3 is 14.4 Å². The van der Waals surface area contributed by atoms with Gasteiger partial charge in [-0.3, -0.25) is 0 Å². The highest BCUT2D eigenvalue weighted by atomic mass is 16.5. The maximum Gasteiger partial charge on any atom is 0.338 e. The Morgan fingerprint density at radius 2 is 1.63 bits per heavy atom. The summed E-state index contributed by atoms with van der Waals surface area (Å²) >= 11 is 0. The second-order valence-corrected chi connectivity index (χ2v) is 6.34. The van der Waals surface area contributed by atoms with Crippen LogP contribution in [0.4, 0.5) is 0 Å². The second kappa shape index (κ2) is 7.00. The van der Waals surface area contributed by atoms with Crippen LogP contribution < -0.4 is 4.74 Å². The van der Waals surface area contributed by atoms with Crippen LogP contribution in [0, 0.1) is 0 Å². The van der Waals surface area contributed by atoms with Crippen molar-refractivity contribution >= 4 is 16.9 Å². The van der Waals surface area contributed by atoms with E-state index in [1.54, 1.807) is 13.2 Å². The van der Waals surface area contributed by atoms with E-state index in [0.717, 1.165) is 22.5 Å². The van der Waals surface area contributed by atoms with Gasteiger partial charge in [0, 0.05) is 23.2 Å². The number of methoxy groups -OCH3 is 1. The van der Waals surface area contributed by atoms with Gasteiger partial charge in [0.2, 0.25) is 0 Å². The van der Waals surface area contributed by atoms with Crippen molar-refractivity contribution in [3.8, 4) is 11.4 Å². The monoisotopic (exact) mass is 357 g/mol. The average Bonchev–Trinajstić information content (AvgIpc) is 3.02. The van der Waals surface area contributed by atoms with Crippen LogP contribution >= 0.6 is 0 Å². The predicted molar refractivity (Wildman–Crippen MR) is 106 cm³/mol. The molecule has 3 aromatic carbocycles. The first-order chi connectivity index (χ1) is 13.2. The molecule has 134 valence electrons. The molecule has 1 aromatic heterocycles. The molecule has 1 heterocycles. The molecule has 0 spiro atoms. The third-order valence-electron chi connectivity index (χ3n) is 4.72. The van der Waals surface area contributed by atoms with Gasteiger partial charge in [-0.1, -0.05) is 48.5 Å². The number of hydrogen-bond acceptors (Lipinski definition) is 2. The van der Waals surface area contributed by atoms with E-state index in [4.69, 9.17) is 4.74 Å². The van der Waals surface area contributed by atoms with Crippen molar-refractivity contribution in [2.75, 3.05) is 7.11 Å². The lowest BCUT2D eigenvalue weighted by Crippen LogP contribution is -2.06. The van der Waals surface area contributed by atoms with Gasteiger partial charge in [-0.2, -0.15) is 0 Å². The third kappa shape index (κ3) is 3.06. The van der Waals surface area contributed by atoms with Crippen LogP contribution in [0.15, 0.2) is 78.9 Å². The molecule has 4 rings (SSSR count). The van der Waals surface area contributed by atoms with E-state index in [2.05, 4.69) is 0 Å². The number of fused-ring (bicyclic) bond motifs is 1. The summed E-state index contributed by atoms with van der Waals surface area (Å²) in [5, 5.41) is 10.7. The molecule has 0 bridgehead atoms. The summed E-state index contributed by atoms with van der Waals surface area (Å²) in [6.07, 6.45) is 0.522. The number of para-hydroxylation sites is 1. The summed E-state index contributed by atoms with van der Waals surface area (Å²) in [6, 6.07) is 25.3. The molecule has 4 aromatic rings. The Balaban J connectivity index is 2.05. The minimum absolute atomic E-state index is 0.316. The molecule has 4 nitrogen and oxygen atoms in total. The Kier molecular flexibility index (Phi) is 4.38. The van der Waals surface area contributed by atoms with E-state index in [0.29, 0.717) is 23.1 Å². The Hall–Kier alpha value is -3.53. The highest BCUT2D eigenvalue weighted by molar-refractivity contribution is 6.06. The minimum atomic E-state index is -0.936. The molecule has 0 saturated heterocycles. The number of aromatic carboxylic acids is 1. The van der Waals surface area contributed by atoms with E-state index in [1.165, 1.54) is 0 Å². The number of hydrogen-bond donors (Lipinski definition) is 1. The smallest absolute Gasteiger partial charge is 0.338 e. The van der Waals surface area contributed by atoms with Crippen LogP contribution in [-0.2, 0) is 6.42 Å². The fraction of sp³-hybridized carbons (Fsp3) is 0.0870. The lowest BCUT2D eigenvalue weighted by atomic mass is 10.0. The molecule has 4 heteroatoms. The van der Waals surface area contributed by atoms with Crippen LogP contribution in [0.5, 0.6) is 5.75 Å². The van der Waals surface area contributed by atoms with Crippen molar-refractivity contribution in [1.82, 2.24) is 4.57 Å². The summed E-state index contributed by atoms with van der Waals surface area (Å²) in [4.78, 5) is 12.2. The summed E-state index contributed by atoms with van der Waals surface area (Å²) in [5.74, 6) is -0.296. The van der Waals surface area contributed by atoms with Crippen LogP contribution in [0.3, 0.4) is 0 Å². The molecule has 0 aliphatic rings. The van der Waals surface area contributed by atoms with Crippen molar-refractivity contribution in [3.63, 3.8) is 0 Å². The summed E-state index contributed by atoms with van der Waals surface area (Å²) in [5.41, 5.74) is 3.92. The minimum Gasteiger partial charge on any atom is -0.497 e. The second-order valence-electron chi connectivity index (χ2n) is 6.34. The predicted octanol–water partition coefficient (Wildman–Crippen LogP) is 4.93. The Bertz CT molecular complexity index is 1100. The fourth-order valence-corrected chi connectivity index (χ4v) is 3.52. The molecule has 0 fully saturated rings. The first-order valence-electron chi connectivity index (χ1n) is 8.73. The van der Waals surface area contributed by atoms with Crippen LogP contribution in [-0.4, -0.2) is 22.8 Å². The SMILES string of the molecule is COc1ccc2c(c1)c(C(=O)O)c(Cc1ccccc1)n2-c1ccccc1. The van der Waals surface area contributed by atoms with Crippen LogP contribution in [0.1, 0.15) is 21.6 Å². The first kappa shape index (κ1) is 16.9. The Morgan fingerprint density at radius 1 is 0.963 bits per heavy atom. The lowest BCUT2D eigenvalue weighted by Gasteiger charge is -2.12. The van der Waals surface area contributed by atoms with Gasteiger partial charge in [0.25, 0.3) is 0 Å². The number of ether oxygens (including phenoxy) is 1. The first-order valence-corrected chi connectivity index (χ1v) is 8.73. The molecule has 0 unspecified atom stereocenters. The Labute approximate surface area is 157 Å². The standard InChI is InChI=1S/C23H19NO3/c1-27-18-12-13-20-19(15-18)22(23(25)26)21(14-16-8-4-2-5-9-16)24(20)17-10-6-3-7-11-17/h2-13,15H,14H2,1H3,(H,25,26). The van der Waals surface area contributed by atoms with Crippen LogP contribution in [0.2, 0.25) is 0 Å². The summed E-state index contributed by atoms with van der Waals surface area (Å²) < 4.78 is 7.36. The molecule has 1 N–H and O–H groups in total. The molecule has 0 amide bonds.